The van der Waals surface area contributed by atoms with Gasteiger partial charge in [-0.3, -0.25) is 0 Å². The Bertz CT molecular complexity index is 223. The normalized spacial score (nSPS) is 29.4. The van der Waals surface area contributed by atoms with E-state index in [0.717, 1.165) is 21.8 Å². The van der Waals surface area contributed by atoms with E-state index in [4.69, 9.17) is 0 Å². The molecule has 1 nitrogen and oxygen atoms in total. The molecule has 19 heavy (non-hydrogen) atoms. The van der Waals surface area contributed by atoms with Gasteiger partial charge in [0.05, 0.1) is 0 Å². The van der Waals surface area contributed by atoms with Gasteiger partial charge < -0.3 is 5.32 Å². The maximum Gasteiger partial charge on any atom is 0.0294 e. The van der Waals surface area contributed by atoms with E-state index in [1.165, 1.54) is 50.7 Å². The summed E-state index contributed by atoms with van der Waals surface area (Å²) in [5.41, 5.74) is 0. The van der Waals surface area contributed by atoms with Gasteiger partial charge in [-0.1, -0.05) is 59.3 Å². The third-order valence-electron chi connectivity index (χ3n) is 4.26. The predicted octanol–water partition coefficient (Wildman–Crippen LogP) is 4.95. The zero-order valence-electron chi connectivity index (χ0n) is 13.3. The molecule has 0 bridgehead atoms. The molecule has 114 valence electrons. The highest BCUT2D eigenvalue weighted by atomic mass is 32.2. The zero-order valence-corrected chi connectivity index (χ0v) is 14.9. The van der Waals surface area contributed by atoms with Crippen molar-refractivity contribution in [3.8, 4) is 0 Å². The minimum absolute atomic E-state index is 0.721. The topological polar surface area (TPSA) is 12.0 Å². The largest absolute Gasteiger partial charge is 0.316 e. The molecule has 0 aromatic heterocycles. The lowest BCUT2D eigenvalue weighted by atomic mass is 10.0. The molecule has 1 aliphatic heterocycles. The van der Waals surface area contributed by atoms with Gasteiger partial charge >= 0.3 is 0 Å². The van der Waals surface area contributed by atoms with Crippen molar-refractivity contribution >= 4 is 23.5 Å². The van der Waals surface area contributed by atoms with Crippen LogP contribution in [-0.4, -0.2) is 34.6 Å². The summed E-state index contributed by atoms with van der Waals surface area (Å²) >= 11 is 4.38. The Balaban J connectivity index is 2.18. The van der Waals surface area contributed by atoms with Crippen LogP contribution in [0, 0.1) is 0 Å². The second-order valence-corrected chi connectivity index (χ2v) is 8.90. The quantitative estimate of drug-likeness (QED) is 0.605. The Kier molecular flexibility index (Phi) is 9.69. The highest BCUT2D eigenvalue weighted by Gasteiger charge is 2.30. The van der Waals surface area contributed by atoms with E-state index in [0.29, 0.717) is 0 Å². The molecule has 3 heteroatoms. The van der Waals surface area contributed by atoms with Crippen LogP contribution in [0.1, 0.15) is 65.7 Å². The summed E-state index contributed by atoms with van der Waals surface area (Å²) in [6.45, 7) is 7.06. The molecule has 0 aromatic carbocycles. The Labute approximate surface area is 129 Å². The van der Waals surface area contributed by atoms with Gasteiger partial charge in [-0.25, -0.2) is 0 Å². The Morgan fingerprint density at radius 2 is 1.74 bits per heavy atom. The van der Waals surface area contributed by atoms with Gasteiger partial charge in [-0.05, 0) is 13.5 Å². The summed E-state index contributed by atoms with van der Waals surface area (Å²) in [6, 6.07) is 0.721. The molecular weight excluding hydrogens is 270 g/mol. The Morgan fingerprint density at radius 1 is 1.05 bits per heavy atom. The fourth-order valence-electron chi connectivity index (χ4n) is 2.68. The van der Waals surface area contributed by atoms with Crippen molar-refractivity contribution in [1.29, 1.82) is 0 Å². The molecule has 0 amide bonds. The first-order valence-corrected chi connectivity index (χ1v) is 10.1. The predicted molar refractivity (Wildman–Crippen MR) is 93.6 cm³/mol. The summed E-state index contributed by atoms with van der Waals surface area (Å²) in [7, 11) is 2.15. The van der Waals surface area contributed by atoms with E-state index < -0.39 is 0 Å². The molecule has 1 heterocycles. The lowest BCUT2D eigenvalue weighted by molar-refractivity contribution is 0.479. The summed E-state index contributed by atoms with van der Waals surface area (Å²) in [4.78, 5) is 0. The summed E-state index contributed by atoms with van der Waals surface area (Å²) in [5, 5.41) is 6.03. The van der Waals surface area contributed by atoms with E-state index in [9.17, 15) is 0 Å². The number of nitrogens with one attached hydrogen (secondary N) is 1. The van der Waals surface area contributed by atoms with Crippen LogP contribution in [0.4, 0.5) is 0 Å². The minimum Gasteiger partial charge on any atom is -0.316 e. The summed E-state index contributed by atoms with van der Waals surface area (Å²) in [6.07, 6.45) is 9.83. The smallest absolute Gasteiger partial charge is 0.0294 e. The van der Waals surface area contributed by atoms with Crippen LogP contribution in [0.2, 0.25) is 0 Å². The van der Waals surface area contributed by atoms with Crippen molar-refractivity contribution in [2.24, 2.45) is 0 Å². The standard InChI is InChI=1S/C16H33NS2/c1-5-6-7-8-9-10-11-15(17-4)16-12-18-13(2)14(3)19-16/h13-17H,5-12H2,1-4H3. The highest BCUT2D eigenvalue weighted by Crippen LogP contribution is 2.37. The minimum atomic E-state index is 0.721. The second-order valence-electron chi connectivity index (χ2n) is 5.87. The van der Waals surface area contributed by atoms with Gasteiger partial charge in [0.25, 0.3) is 0 Å². The van der Waals surface area contributed by atoms with Gasteiger partial charge in [-0.15, -0.1) is 0 Å². The molecule has 1 N–H and O–H groups in total. The molecule has 4 atom stereocenters. The van der Waals surface area contributed by atoms with Crippen LogP contribution < -0.4 is 5.32 Å². The van der Waals surface area contributed by atoms with Crippen LogP contribution >= 0.6 is 23.5 Å². The first kappa shape index (κ1) is 17.7. The van der Waals surface area contributed by atoms with Crippen molar-refractivity contribution in [2.45, 2.75) is 87.5 Å². The van der Waals surface area contributed by atoms with E-state index in [2.05, 4.69) is 56.7 Å². The molecule has 1 aliphatic rings. The maximum absolute atomic E-state index is 3.58. The molecule has 0 radical (unpaired) electrons. The van der Waals surface area contributed by atoms with Gasteiger partial charge in [0.15, 0.2) is 0 Å². The average molecular weight is 304 g/mol. The fourth-order valence-corrected chi connectivity index (χ4v) is 5.89. The maximum atomic E-state index is 3.58. The van der Waals surface area contributed by atoms with Crippen molar-refractivity contribution < 1.29 is 0 Å². The molecule has 1 fully saturated rings. The van der Waals surface area contributed by atoms with Crippen molar-refractivity contribution in [2.75, 3.05) is 12.8 Å². The molecule has 0 saturated carbocycles. The lowest BCUT2D eigenvalue weighted by Gasteiger charge is -2.36. The fraction of sp³-hybridized carbons (Fsp3) is 1.00. The summed E-state index contributed by atoms with van der Waals surface area (Å²) < 4.78 is 0. The molecular formula is C16H33NS2. The molecule has 1 rings (SSSR count). The highest BCUT2D eigenvalue weighted by molar-refractivity contribution is 8.07. The second kappa shape index (κ2) is 10.4. The summed E-state index contributed by atoms with van der Waals surface area (Å²) in [5.74, 6) is 1.33. The van der Waals surface area contributed by atoms with Gasteiger partial charge in [-0.2, -0.15) is 23.5 Å². The van der Waals surface area contributed by atoms with Gasteiger partial charge in [0.1, 0.15) is 0 Å². The Hall–Kier alpha value is 0.660. The van der Waals surface area contributed by atoms with E-state index in [1.54, 1.807) is 0 Å². The number of unbranched alkanes of at least 4 members (excludes halogenated alkanes) is 5. The van der Waals surface area contributed by atoms with Gasteiger partial charge in [0.2, 0.25) is 0 Å². The molecule has 4 unspecified atom stereocenters. The lowest BCUT2D eigenvalue weighted by Crippen LogP contribution is -2.41. The number of hydrogen-bond donors (Lipinski definition) is 1. The molecule has 0 spiro atoms. The van der Waals surface area contributed by atoms with Crippen LogP contribution in [-0.2, 0) is 0 Å². The number of rotatable bonds is 9. The molecule has 0 aliphatic carbocycles. The van der Waals surface area contributed by atoms with Crippen LogP contribution in [0.5, 0.6) is 0 Å². The average Bonchev–Trinajstić information content (AvgIpc) is 2.41. The zero-order chi connectivity index (χ0) is 14.1. The first-order chi connectivity index (χ1) is 9.19. The SMILES string of the molecule is CCCCCCCCC(NC)C1CSC(C)C(C)S1. The van der Waals surface area contributed by atoms with Crippen molar-refractivity contribution in [3.05, 3.63) is 0 Å². The van der Waals surface area contributed by atoms with Gasteiger partial charge in [0, 0.05) is 27.5 Å². The van der Waals surface area contributed by atoms with E-state index >= 15 is 0 Å². The third kappa shape index (κ3) is 6.77. The molecule has 0 aromatic rings. The molecule has 1 saturated heterocycles. The third-order valence-corrected chi connectivity index (χ3v) is 7.81. The van der Waals surface area contributed by atoms with Crippen molar-refractivity contribution in [3.63, 3.8) is 0 Å². The van der Waals surface area contributed by atoms with E-state index in [1.807, 2.05) is 0 Å². The first-order valence-electron chi connectivity index (χ1n) is 8.13. The van der Waals surface area contributed by atoms with Crippen molar-refractivity contribution in [1.82, 2.24) is 5.32 Å². The van der Waals surface area contributed by atoms with Crippen LogP contribution in [0.25, 0.3) is 0 Å². The van der Waals surface area contributed by atoms with Crippen LogP contribution in [0.3, 0.4) is 0 Å². The van der Waals surface area contributed by atoms with E-state index in [-0.39, 0.29) is 0 Å². The monoisotopic (exact) mass is 303 g/mol. The van der Waals surface area contributed by atoms with Crippen LogP contribution in [0.15, 0.2) is 0 Å². The number of thioether (sulfide) groups is 2. The Morgan fingerprint density at radius 3 is 2.37 bits per heavy atom. The number of hydrogen-bond acceptors (Lipinski definition) is 3.